The van der Waals surface area contributed by atoms with Gasteiger partial charge in [0.2, 0.25) is 0 Å². The molecule has 0 saturated carbocycles. The van der Waals surface area contributed by atoms with Gasteiger partial charge in [-0.3, -0.25) is 4.90 Å². The highest BCUT2D eigenvalue weighted by molar-refractivity contribution is 5.50. The van der Waals surface area contributed by atoms with Gasteiger partial charge in [-0.25, -0.2) is 0 Å². The normalized spacial score (nSPS) is 17.4. The third-order valence-electron chi connectivity index (χ3n) is 2.72. The van der Waals surface area contributed by atoms with Gasteiger partial charge in [0.1, 0.15) is 5.75 Å². The number of phenolic OH excluding ortho intramolecular Hbond substituents is 1. The van der Waals surface area contributed by atoms with Gasteiger partial charge in [0, 0.05) is 18.3 Å². The molecule has 3 N–H and O–H groups in total. The van der Waals surface area contributed by atoms with Crippen LogP contribution in [0.15, 0.2) is 18.2 Å². The first-order chi connectivity index (χ1) is 6.75. The average Bonchev–Trinajstić information content (AvgIpc) is 2.62. The van der Waals surface area contributed by atoms with Gasteiger partial charge in [-0.2, -0.15) is 0 Å². The maximum Gasteiger partial charge on any atom is 0.117 e. The fraction of sp³-hybridized carbons (Fsp3) is 0.455. The van der Waals surface area contributed by atoms with Crippen LogP contribution in [0.3, 0.4) is 0 Å². The molecule has 1 aromatic carbocycles. The molecule has 0 aliphatic carbocycles. The summed E-state index contributed by atoms with van der Waals surface area (Å²) in [6.45, 7) is 3.24. The minimum absolute atomic E-state index is 0.243. The van der Waals surface area contributed by atoms with Crippen LogP contribution in [0.25, 0.3) is 0 Å². The molecule has 0 radical (unpaired) electrons. The van der Waals surface area contributed by atoms with Crippen LogP contribution in [0.2, 0.25) is 0 Å². The predicted octanol–water partition coefficient (Wildman–Crippen LogP) is 1.57. The summed E-state index contributed by atoms with van der Waals surface area (Å²) in [5.41, 5.74) is 7.62. The van der Waals surface area contributed by atoms with Crippen LogP contribution in [-0.4, -0.2) is 23.1 Å². The van der Waals surface area contributed by atoms with Crippen molar-refractivity contribution in [3.63, 3.8) is 0 Å². The Bertz CT molecular complexity index is 319. The Labute approximate surface area is 84.1 Å². The number of hydrogen-bond donors (Lipinski definition) is 2. The van der Waals surface area contributed by atoms with E-state index in [9.17, 15) is 5.11 Å². The molecule has 2 rings (SSSR count). The SMILES string of the molecule is Nc1cc(O)ccc1CN1CCCC1. The Morgan fingerprint density at radius 1 is 1.29 bits per heavy atom. The minimum atomic E-state index is 0.243. The number of likely N-dealkylation sites (tertiary alicyclic amines) is 1. The first kappa shape index (κ1) is 9.34. The van der Waals surface area contributed by atoms with Crippen LogP contribution in [0.4, 0.5) is 5.69 Å². The Hall–Kier alpha value is -1.22. The molecule has 0 unspecified atom stereocenters. The monoisotopic (exact) mass is 192 g/mol. The number of nitrogens with two attached hydrogens (primary N) is 1. The maximum absolute atomic E-state index is 9.20. The molecule has 0 aromatic heterocycles. The number of anilines is 1. The van der Waals surface area contributed by atoms with Crippen LogP contribution in [0.5, 0.6) is 5.75 Å². The molecular weight excluding hydrogens is 176 g/mol. The predicted molar refractivity (Wildman–Crippen MR) is 57.0 cm³/mol. The summed E-state index contributed by atoms with van der Waals surface area (Å²) >= 11 is 0. The second-order valence-corrected chi connectivity index (χ2v) is 3.87. The van der Waals surface area contributed by atoms with Gasteiger partial charge in [-0.05, 0) is 37.6 Å². The number of aromatic hydroxyl groups is 1. The van der Waals surface area contributed by atoms with Gasteiger partial charge in [-0.15, -0.1) is 0 Å². The molecule has 1 aliphatic rings. The van der Waals surface area contributed by atoms with E-state index in [2.05, 4.69) is 4.90 Å². The lowest BCUT2D eigenvalue weighted by atomic mass is 10.1. The van der Waals surface area contributed by atoms with E-state index in [-0.39, 0.29) is 5.75 Å². The second-order valence-electron chi connectivity index (χ2n) is 3.87. The Morgan fingerprint density at radius 3 is 2.64 bits per heavy atom. The van der Waals surface area contributed by atoms with Crippen molar-refractivity contribution in [2.75, 3.05) is 18.8 Å². The van der Waals surface area contributed by atoms with E-state index in [1.807, 2.05) is 6.07 Å². The van der Waals surface area contributed by atoms with Crippen molar-refractivity contribution in [3.8, 4) is 5.75 Å². The molecule has 0 spiro atoms. The van der Waals surface area contributed by atoms with E-state index in [0.29, 0.717) is 5.69 Å². The average molecular weight is 192 g/mol. The first-order valence-corrected chi connectivity index (χ1v) is 5.05. The molecule has 0 amide bonds. The van der Waals surface area contributed by atoms with Crippen molar-refractivity contribution >= 4 is 5.69 Å². The number of rotatable bonds is 2. The fourth-order valence-electron chi connectivity index (χ4n) is 1.91. The number of phenols is 1. The zero-order chi connectivity index (χ0) is 9.97. The summed E-state index contributed by atoms with van der Waals surface area (Å²) in [7, 11) is 0. The second kappa shape index (κ2) is 3.88. The zero-order valence-corrected chi connectivity index (χ0v) is 8.24. The third kappa shape index (κ3) is 1.99. The molecule has 0 atom stereocenters. The van der Waals surface area contributed by atoms with E-state index in [1.165, 1.54) is 25.9 Å². The van der Waals surface area contributed by atoms with Gasteiger partial charge in [-0.1, -0.05) is 6.07 Å². The summed E-state index contributed by atoms with van der Waals surface area (Å²) in [5.74, 6) is 0.243. The van der Waals surface area contributed by atoms with Crippen LogP contribution in [0, 0.1) is 0 Å². The fourth-order valence-corrected chi connectivity index (χ4v) is 1.91. The first-order valence-electron chi connectivity index (χ1n) is 5.05. The Morgan fingerprint density at radius 2 is 2.00 bits per heavy atom. The largest absolute Gasteiger partial charge is 0.508 e. The van der Waals surface area contributed by atoms with E-state index in [4.69, 9.17) is 5.73 Å². The molecule has 1 fully saturated rings. The maximum atomic E-state index is 9.20. The highest BCUT2D eigenvalue weighted by atomic mass is 16.3. The van der Waals surface area contributed by atoms with E-state index < -0.39 is 0 Å². The third-order valence-corrected chi connectivity index (χ3v) is 2.72. The van der Waals surface area contributed by atoms with Gasteiger partial charge in [0.15, 0.2) is 0 Å². The lowest BCUT2D eigenvalue weighted by molar-refractivity contribution is 0.332. The van der Waals surface area contributed by atoms with E-state index in [0.717, 1.165) is 12.1 Å². The minimum Gasteiger partial charge on any atom is -0.508 e. The summed E-state index contributed by atoms with van der Waals surface area (Å²) in [4.78, 5) is 2.39. The topological polar surface area (TPSA) is 49.5 Å². The van der Waals surface area contributed by atoms with Crippen molar-refractivity contribution in [3.05, 3.63) is 23.8 Å². The van der Waals surface area contributed by atoms with Crippen molar-refractivity contribution in [1.82, 2.24) is 4.90 Å². The zero-order valence-electron chi connectivity index (χ0n) is 8.24. The van der Waals surface area contributed by atoms with Gasteiger partial charge in [0.25, 0.3) is 0 Å². The lowest BCUT2D eigenvalue weighted by Gasteiger charge is -2.15. The molecule has 76 valence electrons. The molecule has 1 saturated heterocycles. The highest BCUT2D eigenvalue weighted by Gasteiger charge is 2.12. The molecule has 3 heteroatoms. The van der Waals surface area contributed by atoms with Crippen molar-refractivity contribution in [2.45, 2.75) is 19.4 Å². The van der Waals surface area contributed by atoms with Crippen LogP contribution < -0.4 is 5.73 Å². The lowest BCUT2D eigenvalue weighted by Crippen LogP contribution is -2.19. The van der Waals surface area contributed by atoms with Gasteiger partial charge >= 0.3 is 0 Å². The van der Waals surface area contributed by atoms with Crippen LogP contribution in [0.1, 0.15) is 18.4 Å². The van der Waals surface area contributed by atoms with Crippen molar-refractivity contribution in [1.29, 1.82) is 0 Å². The number of hydrogen-bond acceptors (Lipinski definition) is 3. The van der Waals surface area contributed by atoms with Gasteiger partial charge < -0.3 is 10.8 Å². The van der Waals surface area contributed by atoms with Crippen LogP contribution in [-0.2, 0) is 6.54 Å². The van der Waals surface area contributed by atoms with Gasteiger partial charge in [0.05, 0.1) is 0 Å². The standard InChI is InChI=1S/C11H16N2O/c12-11-7-10(14)4-3-9(11)8-13-5-1-2-6-13/h3-4,7,14H,1-2,5-6,8,12H2. The highest BCUT2D eigenvalue weighted by Crippen LogP contribution is 2.21. The number of nitrogen functional groups attached to an aromatic ring is 1. The van der Waals surface area contributed by atoms with E-state index in [1.54, 1.807) is 12.1 Å². The molecule has 14 heavy (non-hydrogen) atoms. The van der Waals surface area contributed by atoms with Crippen molar-refractivity contribution < 1.29 is 5.11 Å². The summed E-state index contributed by atoms with van der Waals surface area (Å²) in [6, 6.07) is 5.22. The molecule has 0 bridgehead atoms. The Kier molecular flexibility index (Phi) is 2.59. The number of benzene rings is 1. The molecule has 1 aromatic rings. The molecule has 3 nitrogen and oxygen atoms in total. The molecular formula is C11H16N2O. The molecule has 1 aliphatic heterocycles. The smallest absolute Gasteiger partial charge is 0.117 e. The Balaban J connectivity index is 2.08. The van der Waals surface area contributed by atoms with Crippen LogP contribution >= 0.6 is 0 Å². The van der Waals surface area contributed by atoms with E-state index >= 15 is 0 Å². The summed E-state index contributed by atoms with van der Waals surface area (Å²) < 4.78 is 0. The number of nitrogens with zero attached hydrogens (tertiary/aromatic N) is 1. The summed E-state index contributed by atoms with van der Waals surface area (Å²) in [6.07, 6.45) is 2.58. The molecule has 1 heterocycles. The quantitative estimate of drug-likeness (QED) is 0.699. The summed E-state index contributed by atoms with van der Waals surface area (Å²) in [5, 5.41) is 9.20. The van der Waals surface area contributed by atoms with Crippen molar-refractivity contribution in [2.24, 2.45) is 0 Å².